The van der Waals surface area contributed by atoms with Crippen molar-refractivity contribution in [3.05, 3.63) is 30.1 Å². The van der Waals surface area contributed by atoms with Crippen molar-refractivity contribution >= 4 is 23.6 Å². The number of thioether (sulfide) groups is 1. The predicted octanol–water partition coefficient (Wildman–Crippen LogP) is 3.04. The molecule has 0 saturated carbocycles. The van der Waals surface area contributed by atoms with Crippen LogP contribution < -0.4 is 0 Å². The molecule has 1 amide bonds. The topological polar surface area (TPSA) is 49.9 Å². The Kier molecular flexibility index (Phi) is 9.08. The molecule has 0 radical (unpaired) electrons. The van der Waals surface area contributed by atoms with Gasteiger partial charge in [-0.05, 0) is 59.1 Å². The fourth-order valence-corrected chi connectivity index (χ4v) is 2.93. The van der Waals surface area contributed by atoms with E-state index in [2.05, 4.69) is 0 Å². The number of nitrogens with zero attached hydrogens (tertiary/aromatic N) is 2. The Morgan fingerprint density at radius 2 is 1.73 bits per heavy atom. The van der Waals surface area contributed by atoms with E-state index < -0.39 is 11.6 Å². The second-order valence-electron chi connectivity index (χ2n) is 7.26. The summed E-state index contributed by atoms with van der Waals surface area (Å²) in [6.45, 7) is 6.49. The third kappa shape index (κ3) is 9.77. The number of ether oxygens (including phenoxy) is 1. The van der Waals surface area contributed by atoms with Crippen molar-refractivity contribution < 1.29 is 18.7 Å². The minimum atomic E-state index is -0.578. The van der Waals surface area contributed by atoms with Crippen molar-refractivity contribution in [1.82, 2.24) is 9.80 Å². The average molecular weight is 385 g/mol. The Morgan fingerprint density at radius 3 is 2.27 bits per heavy atom. The number of esters is 1. The molecule has 0 spiro atoms. The molecular formula is C19H29FN2O3S. The van der Waals surface area contributed by atoms with E-state index in [1.165, 1.54) is 23.9 Å². The van der Waals surface area contributed by atoms with E-state index in [-0.39, 0.29) is 18.3 Å². The molecule has 0 unspecified atom stereocenters. The summed E-state index contributed by atoms with van der Waals surface area (Å²) in [6, 6.07) is 6.18. The number of benzene rings is 1. The van der Waals surface area contributed by atoms with Gasteiger partial charge in [-0.1, -0.05) is 0 Å². The van der Waals surface area contributed by atoms with E-state index in [0.29, 0.717) is 25.3 Å². The molecule has 0 atom stereocenters. The second kappa shape index (κ2) is 10.5. The van der Waals surface area contributed by atoms with Gasteiger partial charge < -0.3 is 14.5 Å². The summed E-state index contributed by atoms with van der Waals surface area (Å²) in [5, 5.41) is 0. The first kappa shape index (κ1) is 22.4. The maximum atomic E-state index is 12.9. The second-order valence-corrected chi connectivity index (χ2v) is 8.43. The highest BCUT2D eigenvalue weighted by molar-refractivity contribution is 7.99. The molecule has 0 fully saturated rings. The fourth-order valence-electron chi connectivity index (χ4n) is 2.09. The smallest absolute Gasteiger partial charge is 0.326 e. The van der Waals surface area contributed by atoms with Crippen LogP contribution in [0.5, 0.6) is 0 Å². The third-order valence-corrected chi connectivity index (χ3v) is 4.32. The number of rotatable bonds is 9. The van der Waals surface area contributed by atoms with Crippen LogP contribution >= 0.6 is 11.8 Å². The third-order valence-electron chi connectivity index (χ3n) is 3.31. The zero-order valence-electron chi connectivity index (χ0n) is 16.3. The molecule has 0 bridgehead atoms. The van der Waals surface area contributed by atoms with Gasteiger partial charge >= 0.3 is 5.97 Å². The Hall–Kier alpha value is -1.60. The first-order valence-electron chi connectivity index (χ1n) is 8.59. The van der Waals surface area contributed by atoms with Gasteiger partial charge in [0.2, 0.25) is 5.91 Å². The van der Waals surface area contributed by atoms with Gasteiger partial charge in [-0.2, -0.15) is 0 Å². The van der Waals surface area contributed by atoms with E-state index in [4.69, 9.17) is 4.74 Å². The highest BCUT2D eigenvalue weighted by atomic mass is 32.2. The minimum Gasteiger partial charge on any atom is -0.459 e. The zero-order chi connectivity index (χ0) is 19.7. The standard InChI is InChI=1S/C19H29FN2O3S/c1-19(2,3)25-18(24)14-22(12-11-21(4)5)17(23)10-13-26-16-8-6-15(20)7-9-16/h6-9H,10-14H2,1-5H3. The number of likely N-dealkylation sites (N-methyl/N-ethyl adjacent to an activating group) is 1. The Morgan fingerprint density at radius 1 is 1.12 bits per heavy atom. The van der Waals surface area contributed by atoms with Gasteiger partial charge in [0.25, 0.3) is 0 Å². The van der Waals surface area contributed by atoms with Crippen molar-refractivity contribution in [2.24, 2.45) is 0 Å². The van der Waals surface area contributed by atoms with E-state index in [1.54, 1.807) is 37.8 Å². The number of carbonyl (C=O) groups is 2. The summed E-state index contributed by atoms with van der Waals surface area (Å²) in [6.07, 6.45) is 0.304. The minimum absolute atomic E-state index is 0.0504. The Labute approximate surface area is 159 Å². The SMILES string of the molecule is CN(C)CCN(CC(=O)OC(C)(C)C)C(=O)CCSc1ccc(F)cc1. The van der Waals surface area contributed by atoms with Crippen LogP contribution in [0, 0.1) is 5.82 Å². The lowest BCUT2D eigenvalue weighted by Gasteiger charge is -2.26. The van der Waals surface area contributed by atoms with Crippen LogP contribution in [0.3, 0.4) is 0 Å². The van der Waals surface area contributed by atoms with Crippen LogP contribution in [-0.2, 0) is 14.3 Å². The van der Waals surface area contributed by atoms with Crippen molar-refractivity contribution in [3.8, 4) is 0 Å². The van der Waals surface area contributed by atoms with Gasteiger partial charge in [0.1, 0.15) is 18.0 Å². The summed E-state index contributed by atoms with van der Waals surface area (Å²) in [7, 11) is 3.83. The molecular weight excluding hydrogens is 355 g/mol. The molecule has 26 heavy (non-hydrogen) atoms. The molecule has 5 nitrogen and oxygen atoms in total. The van der Waals surface area contributed by atoms with Crippen molar-refractivity contribution in [2.75, 3.05) is 39.5 Å². The largest absolute Gasteiger partial charge is 0.459 e. The molecule has 0 aliphatic rings. The molecule has 0 heterocycles. The van der Waals surface area contributed by atoms with E-state index in [9.17, 15) is 14.0 Å². The summed E-state index contributed by atoms with van der Waals surface area (Å²) < 4.78 is 18.2. The lowest BCUT2D eigenvalue weighted by Crippen LogP contribution is -2.42. The van der Waals surface area contributed by atoms with Gasteiger partial charge in [0.05, 0.1) is 0 Å². The maximum absolute atomic E-state index is 12.9. The fraction of sp³-hybridized carbons (Fsp3) is 0.579. The predicted molar refractivity (Wildman–Crippen MR) is 103 cm³/mol. The number of carbonyl (C=O) groups excluding carboxylic acids is 2. The first-order valence-corrected chi connectivity index (χ1v) is 9.58. The summed E-state index contributed by atoms with van der Waals surface area (Å²) in [5.74, 6) is -0.210. The van der Waals surface area contributed by atoms with Crippen LogP contribution in [0.4, 0.5) is 4.39 Å². The number of amides is 1. The maximum Gasteiger partial charge on any atom is 0.326 e. The lowest BCUT2D eigenvalue weighted by atomic mass is 10.2. The highest BCUT2D eigenvalue weighted by Gasteiger charge is 2.22. The van der Waals surface area contributed by atoms with Crippen molar-refractivity contribution in [3.63, 3.8) is 0 Å². The molecule has 0 aliphatic carbocycles. The Bertz CT molecular complexity index is 585. The number of halogens is 1. The lowest BCUT2D eigenvalue weighted by molar-refractivity contribution is -0.158. The molecule has 0 saturated heterocycles. The normalized spacial score (nSPS) is 11.5. The van der Waals surface area contributed by atoms with E-state index >= 15 is 0 Å². The summed E-state index contributed by atoms with van der Waals surface area (Å²) >= 11 is 1.49. The highest BCUT2D eigenvalue weighted by Crippen LogP contribution is 2.19. The average Bonchev–Trinajstić information content (AvgIpc) is 2.51. The van der Waals surface area contributed by atoms with E-state index in [0.717, 1.165) is 4.90 Å². The van der Waals surface area contributed by atoms with Gasteiger partial charge in [0, 0.05) is 30.2 Å². The number of hydrogen-bond acceptors (Lipinski definition) is 5. The first-order chi connectivity index (χ1) is 12.1. The summed E-state index contributed by atoms with van der Waals surface area (Å²) in [5.41, 5.74) is -0.578. The molecule has 7 heteroatoms. The van der Waals surface area contributed by atoms with Crippen LogP contribution in [0.1, 0.15) is 27.2 Å². The van der Waals surface area contributed by atoms with Gasteiger partial charge in [0.15, 0.2) is 0 Å². The van der Waals surface area contributed by atoms with Crippen LogP contribution in [-0.4, -0.2) is 66.8 Å². The van der Waals surface area contributed by atoms with Crippen LogP contribution in [0.2, 0.25) is 0 Å². The molecule has 0 aliphatic heterocycles. The zero-order valence-corrected chi connectivity index (χ0v) is 17.1. The van der Waals surface area contributed by atoms with Crippen molar-refractivity contribution in [2.45, 2.75) is 37.7 Å². The molecule has 146 valence electrons. The van der Waals surface area contributed by atoms with Crippen LogP contribution in [0.15, 0.2) is 29.2 Å². The number of hydrogen-bond donors (Lipinski definition) is 0. The Balaban J connectivity index is 2.56. The molecule has 0 aromatic heterocycles. The molecule has 0 N–H and O–H groups in total. The summed E-state index contributed by atoms with van der Waals surface area (Å²) in [4.78, 5) is 29.0. The van der Waals surface area contributed by atoms with Crippen LogP contribution in [0.25, 0.3) is 0 Å². The molecule has 1 rings (SSSR count). The van der Waals surface area contributed by atoms with Crippen molar-refractivity contribution in [1.29, 1.82) is 0 Å². The van der Waals surface area contributed by atoms with Gasteiger partial charge in [-0.15, -0.1) is 11.8 Å². The van der Waals surface area contributed by atoms with Gasteiger partial charge in [-0.3, -0.25) is 9.59 Å². The molecule has 1 aromatic carbocycles. The van der Waals surface area contributed by atoms with E-state index in [1.807, 2.05) is 19.0 Å². The molecule has 1 aromatic rings. The quantitative estimate of drug-likeness (QED) is 0.484. The van der Waals surface area contributed by atoms with Gasteiger partial charge in [-0.25, -0.2) is 4.39 Å². The monoisotopic (exact) mass is 384 g/mol.